The second-order valence-electron chi connectivity index (χ2n) is 5.61. The van der Waals surface area contributed by atoms with Gasteiger partial charge in [0, 0.05) is 55.9 Å². The third kappa shape index (κ3) is 3.12. The maximum Gasteiger partial charge on any atom is 0.226 e. The van der Waals surface area contributed by atoms with Crippen LogP contribution in [0.25, 0.3) is 6.08 Å². The van der Waals surface area contributed by atoms with Gasteiger partial charge in [-0.05, 0) is 24.3 Å². The number of nitrogens with zero attached hydrogens (tertiary/aromatic N) is 3. The fraction of sp³-hybridized carbons (Fsp3) is 0.294. The van der Waals surface area contributed by atoms with Gasteiger partial charge in [-0.1, -0.05) is 0 Å². The van der Waals surface area contributed by atoms with E-state index in [4.69, 9.17) is 4.74 Å². The van der Waals surface area contributed by atoms with E-state index in [2.05, 4.69) is 49.8 Å². The van der Waals surface area contributed by atoms with Crippen LogP contribution in [0.2, 0.25) is 0 Å². The molecule has 0 aliphatic carbocycles. The lowest BCUT2D eigenvalue weighted by Crippen LogP contribution is -2.43. The minimum atomic E-state index is 0.496. The Balaban J connectivity index is 1.53. The van der Waals surface area contributed by atoms with Crippen LogP contribution >= 0.6 is 0 Å². The van der Waals surface area contributed by atoms with Crippen molar-refractivity contribution in [2.75, 3.05) is 43.0 Å². The van der Waals surface area contributed by atoms with Crippen molar-refractivity contribution in [3.8, 4) is 5.75 Å². The molecule has 0 atom stereocenters. The molecule has 2 N–H and O–H groups in total. The van der Waals surface area contributed by atoms with Gasteiger partial charge in [0.25, 0.3) is 0 Å². The number of benzene rings is 1. The number of hydrogen-bond acceptors (Lipinski definition) is 6. The van der Waals surface area contributed by atoms with Gasteiger partial charge in [-0.2, -0.15) is 0 Å². The third-order valence-electron chi connectivity index (χ3n) is 4.03. The fourth-order valence-corrected chi connectivity index (χ4v) is 2.85. The number of hydrogen-bond donors (Lipinski definition) is 2. The third-order valence-corrected chi connectivity index (χ3v) is 4.03. The molecule has 1 aromatic heterocycles. The number of nitrogens with one attached hydrogen (secondary N) is 2. The lowest BCUT2D eigenvalue weighted by molar-refractivity contribution is 0.348. The molecule has 0 radical (unpaired) electrons. The summed E-state index contributed by atoms with van der Waals surface area (Å²) in [4.78, 5) is 10.7. The number of piperazine rings is 1. The van der Waals surface area contributed by atoms with E-state index in [-0.39, 0.29) is 0 Å². The SMILES string of the molecule is C1=C(Nc2ncccn2)COc2cc(N3CCNCC3)ccc21. The van der Waals surface area contributed by atoms with E-state index in [0.29, 0.717) is 12.6 Å². The molecule has 2 aromatic rings. The average molecular weight is 309 g/mol. The molecular weight excluding hydrogens is 290 g/mol. The van der Waals surface area contributed by atoms with E-state index in [0.717, 1.165) is 43.2 Å². The van der Waals surface area contributed by atoms with Crippen LogP contribution < -0.4 is 20.3 Å². The van der Waals surface area contributed by atoms with Gasteiger partial charge in [0.15, 0.2) is 0 Å². The first-order valence-corrected chi connectivity index (χ1v) is 7.86. The smallest absolute Gasteiger partial charge is 0.226 e. The zero-order valence-corrected chi connectivity index (χ0v) is 12.8. The summed E-state index contributed by atoms with van der Waals surface area (Å²) in [7, 11) is 0. The van der Waals surface area contributed by atoms with E-state index in [9.17, 15) is 0 Å². The molecule has 0 amide bonds. The van der Waals surface area contributed by atoms with E-state index in [1.54, 1.807) is 18.5 Å². The zero-order valence-electron chi connectivity index (χ0n) is 12.8. The summed E-state index contributed by atoms with van der Waals surface area (Å²) in [6.07, 6.45) is 5.53. The second kappa shape index (κ2) is 6.26. The average Bonchev–Trinajstić information content (AvgIpc) is 2.63. The predicted octanol–water partition coefficient (Wildman–Crippen LogP) is 1.73. The molecule has 0 unspecified atom stereocenters. The first kappa shape index (κ1) is 14.0. The molecule has 2 aliphatic rings. The molecule has 1 fully saturated rings. The monoisotopic (exact) mass is 309 g/mol. The number of anilines is 2. The van der Waals surface area contributed by atoms with Crippen molar-refractivity contribution in [2.45, 2.75) is 0 Å². The molecule has 1 saturated heterocycles. The Morgan fingerprint density at radius 3 is 2.78 bits per heavy atom. The number of aromatic nitrogens is 2. The van der Waals surface area contributed by atoms with Gasteiger partial charge in [0.1, 0.15) is 12.4 Å². The van der Waals surface area contributed by atoms with E-state index in [1.807, 2.05) is 0 Å². The standard InChI is InChI=1S/C17H19N5O/c1-4-19-17(20-5-1)21-14-10-13-2-3-15(11-16(13)23-12-14)22-8-6-18-7-9-22/h1-5,10-11,18H,6-9,12H2,(H,19,20,21). The van der Waals surface area contributed by atoms with Crippen molar-refractivity contribution in [3.63, 3.8) is 0 Å². The lowest BCUT2D eigenvalue weighted by Gasteiger charge is -2.30. The predicted molar refractivity (Wildman–Crippen MR) is 90.7 cm³/mol. The van der Waals surface area contributed by atoms with Crippen LogP contribution in [-0.4, -0.2) is 42.8 Å². The van der Waals surface area contributed by atoms with E-state index >= 15 is 0 Å². The van der Waals surface area contributed by atoms with Crippen molar-refractivity contribution in [1.82, 2.24) is 15.3 Å². The highest BCUT2D eigenvalue weighted by Gasteiger charge is 2.16. The van der Waals surface area contributed by atoms with Crippen LogP contribution in [0, 0.1) is 0 Å². The normalized spacial score (nSPS) is 17.0. The van der Waals surface area contributed by atoms with Crippen LogP contribution in [0.1, 0.15) is 5.56 Å². The molecule has 0 spiro atoms. The summed E-state index contributed by atoms with van der Waals surface area (Å²) in [6.45, 7) is 4.63. The topological polar surface area (TPSA) is 62.3 Å². The van der Waals surface area contributed by atoms with E-state index < -0.39 is 0 Å². The van der Waals surface area contributed by atoms with Crippen LogP contribution in [0.5, 0.6) is 5.75 Å². The molecule has 6 heteroatoms. The molecule has 1 aromatic carbocycles. The Labute approximate surface area is 135 Å². The van der Waals surface area contributed by atoms with Crippen LogP contribution in [-0.2, 0) is 0 Å². The summed E-state index contributed by atoms with van der Waals surface area (Å²) >= 11 is 0. The highest BCUT2D eigenvalue weighted by atomic mass is 16.5. The Morgan fingerprint density at radius 1 is 1.13 bits per heavy atom. The maximum atomic E-state index is 5.91. The summed E-state index contributed by atoms with van der Waals surface area (Å²) < 4.78 is 5.91. The first-order valence-electron chi connectivity index (χ1n) is 7.86. The number of rotatable bonds is 3. The summed E-state index contributed by atoms with van der Waals surface area (Å²) in [6, 6.07) is 8.20. The van der Waals surface area contributed by atoms with Crippen molar-refractivity contribution < 1.29 is 4.74 Å². The summed E-state index contributed by atoms with van der Waals surface area (Å²) in [5.74, 6) is 1.52. The Kier molecular flexibility index (Phi) is 3.81. The zero-order chi connectivity index (χ0) is 15.5. The van der Waals surface area contributed by atoms with Crippen molar-refractivity contribution in [1.29, 1.82) is 0 Å². The number of ether oxygens (including phenoxy) is 1. The molecule has 0 bridgehead atoms. The largest absolute Gasteiger partial charge is 0.487 e. The van der Waals surface area contributed by atoms with Gasteiger partial charge in [-0.3, -0.25) is 0 Å². The molecule has 2 aliphatic heterocycles. The molecule has 3 heterocycles. The molecule has 118 valence electrons. The summed E-state index contributed by atoms with van der Waals surface area (Å²) in [5.41, 5.74) is 3.26. The minimum absolute atomic E-state index is 0.496. The van der Waals surface area contributed by atoms with Crippen LogP contribution in [0.4, 0.5) is 11.6 Å². The summed E-state index contributed by atoms with van der Waals surface area (Å²) in [5, 5.41) is 6.57. The molecule has 4 rings (SSSR count). The molecule has 0 saturated carbocycles. The first-order chi connectivity index (χ1) is 11.4. The van der Waals surface area contributed by atoms with E-state index in [1.165, 1.54) is 5.69 Å². The van der Waals surface area contributed by atoms with Gasteiger partial charge < -0.3 is 20.3 Å². The highest BCUT2D eigenvalue weighted by molar-refractivity contribution is 5.68. The minimum Gasteiger partial charge on any atom is -0.487 e. The molecule has 23 heavy (non-hydrogen) atoms. The molecular formula is C17H19N5O. The van der Waals surface area contributed by atoms with Gasteiger partial charge >= 0.3 is 0 Å². The maximum absolute atomic E-state index is 5.91. The van der Waals surface area contributed by atoms with Crippen LogP contribution in [0.15, 0.2) is 42.4 Å². The molecule has 6 nitrogen and oxygen atoms in total. The van der Waals surface area contributed by atoms with Gasteiger partial charge in [0.05, 0.1) is 5.70 Å². The van der Waals surface area contributed by atoms with Crippen molar-refractivity contribution in [2.24, 2.45) is 0 Å². The second-order valence-corrected chi connectivity index (χ2v) is 5.61. The van der Waals surface area contributed by atoms with Crippen molar-refractivity contribution in [3.05, 3.63) is 47.9 Å². The number of fused-ring (bicyclic) bond motifs is 1. The highest BCUT2D eigenvalue weighted by Crippen LogP contribution is 2.31. The lowest BCUT2D eigenvalue weighted by atomic mass is 10.1. The van der Waals surface area contributed by atoms with Crippen LogP contribution in [0.3, 0.4) is 0 Å². The Hall–Kier alpha value is -2.60. The van der Waals surface area contributed by atoms with Gasteiger partial charge in [-0.15, -0.1) is 0 Å². The van der Waals surface area contributed by atoms with Gasteiger partial charge in [-0.25, -0.2) is 9.97 Å². The fourth-order valence-electron chi connectivity index (χ4n) is 2.85. The quantitative estimate of drug-likeness (QED) is 0.900. The Morgan fingerprint density at radius 2 is 1.96 bits per heavy atom. The van der Waals surface area contributed by atoms with Gasteiger partial charge in [0.2, 0.25) is 5.95 Å². The Bertz CT molecular complexity index is 710. The van der Waals surface area contributed by atoms with Crippen molar-refractivity contribution >= 4 is 17.7 Å².